The van der Waals surface area contributed by atoms with E-state index in [1.807, 2.05) is 0 Å². The van der Waals surface area contributed by atoms with Crippen molar-refractivity contribution in [1.82, 2.24) is 6.15 Å². The monoisotopic (exact) mass is 211 g/mol. The quantitative estimate of drug-likeness (QED) is 0.516. The van der Waals surface area contributed by atoms with E-state index in [0.29, 0.717) is 5.41 Å². The van der Waals surface area contributed by atoms with Crippen molar-refractivity contribution >= 4 is 16.1 Å². The van der Waals surface area contributed by atoms with Crippen LogP contribution >= 0.6 is 0 Å². The lowest BCUT2D eigenvalue weighted by Gasteiger charge is -1.97. The highest BCUT2D eigenvalue weighted by Crippen LogP contribution is 2.01. The molecule has 13 heavy (non-hydrogen) atoms. The van der Waals surface area contributed by atoms with Gasteiger partial charge in [-0.3, -0.25) is 4.18 Å². The first kappa shape index (κ1) is 14.6. The summed E-state index contributed by atoms with van der Waals surface area (Å²) in [6, 6.07) is 0. The van der Waals surface area contributed by atoms with Crippen LogP contribution in [0.4, 0.5) is 0 Å². The predicted molar refractivity (Wildman–Crippen MR) is 47.0 cm³/mol. The third-order valence-electron chi connectivity index (χ3n) is 0.941. The van der Waals surface area contributed by atoms with Crippen molar-refractivity contribution in [1.29, 1.82) is 0 Å². The molecule has 0 spiro atoms. The Balaban J connectivity index is 0. The Hall–Kier alpha value is -0.920. The lowest BCUT2D eigenvalue weighted by Crippen LogP contribution is -2.05. The summed E-state index contributed by atoms with van der Waals surface area (Å²) in [5.41, 5.74) is -0.275. The molecule has 0 fully saturated rings. The van der Waals surface area contributed by atoms with Crippen LogP contribution in [0.3, 0.4) is 0 Å². The summed E-state index contributed by atoms with van der Waals surface area (Å²) in [7, 11) is -3.82. The molecule has 6 nitrogen and oxygen atoms in total. The third-order valence-corrected chi connectivity index (χ3v) is 2.15. The van der Waals surface area contributed by atoms with Gasteiger partial charge in [0.25, 0.3) is 10.1 Å². The molecule has 0 bridgehead atoms. The Morgan fingerprint density at radius 3 is 2.31 bits per heavy atom. The third kappa shape index (κ3) is 6.26. The van der Waals surface area contributed by atoms with Crippen LogP contribution < -0.4 is 6.15 Å². The van der Waals surface area contributed by atoms with Gasteiger partial charge in [-0.05, 0) is 13.8 Å². The zero-order valence-corrected chi connectivity index (χ0v) is 8.30. The number of carboxylic acid groups (broad SMARTS) is 1. The highest BCUT2D eigenvalue weighted by molar-refractivity contribution is 7.89. The fourth-order valence-corrected chi connectivity index (χ4v) is 1.40. The first-order valence-corrected chi connectivity index (χ1v) is 4.67. The smallest absolute Gasteiger partial charge is 0.332 e. The zero-order chi connectivity index (χ0) is 9.78. The highest BCUT2D eigenvalue weighted by Gasteiger charge is 2.09. The van der Waals surface area contributed by atoms with Crippen LogP contribution in [-0.4, -0.2) is 26.1 Å². The minimum atomic E-state index is -3.82. The summed E-state index contributed by atoms with van der Waals surface area (Å²) >= 11 is 0. The van der Waals surface area contributed by atoms with Crippen LogP contribution in [0.15, 0.2) is 11.0 Å². The normalized spacial score (nSPS) is 12.0. The van der Waals surface area contributed by atoms with Crippen LogP contribution in [0.25, 0.3) is 0 Å². The first-order valence-electron chi connectivity index (χ1n) is 3.20. The lowest BCUT2D eigenvalue weighted by molar-refractivity contribution is -0.132. The predicted octanol–water partition coefficient (Wildman–Crippen LogP) is 0.503. The van der Waals surface area contributed by atoms with Gasteiger partial charge in [0.15, 0.2) is 0 Å². The average Bonchev–Trinajstić information content (AvgIpc) is 1.85. The molecular formula is C6H13NO5S. The van der Waals surface area contributed by atoms with E-state index < -0.39 is 16.1 Å². The van der Waals surface area contributed by atoms with E-state index in [-0.39, 0.29) is 18.3 Å². The molecule has 0 saturated heterocycles. The molecule has 0 aliphatic carbocycles. The van der Waals surface area contributed by atoms with Gasteiger partial charge in [0.1, 0.15) is 0 Å². The van der Waals surface area contributed by atoms with Crippen LogP contribution in [-0.2, 0) is 19.1 Å². The van der Waals surface area contributed by atoms with Gasteiger partial charge in [-0.25, -0.2) is 4.79 Å². The maximum Gasteiger partial charge on any atom is 0.332 e. The Morgan fingerprint density at radius 2 is 2.00 bits per heavy atom. The number of aliphatic carboxylic acids is 1. The molecule has 0 aromatic rings. The second kappa shape index (κ2) is 5.68. The molecule has 0 unspecified atom stereocenters. The second-order valence-corrected chi connectivity index (χ2v) is 3.46. The summed E-state index contributed by atoms with van der Waals surface area (Å²) in [5.74, 6) is -1.28. The fourth-order valence-electron chi connectivity index (χ4n) is 0.465. The summed E-state index contributed by atoms with van der Waals surface area (Å²) in [5, 5.41) is 8.91. The summed E-state index contributed by atoms with van der Waals surface area (Å²) in [6.07, 6.45) is 0. The molecule has 78 valence electrons. The minimum Gasteiger partial charge on any atom is -0.478 e. The molecule has 0 aromatic carbocycles. The molecule has 0 aliphatic rings. The van der Waals surface area contributed by atoms with Gasteiger partial charge in [-0.2, -0.15) is 8.42 Å². The van der Waals surface area contributed by atoms with Crippen LogP contribution in [0.2, 0.25) is 0 Å². The van der Waals surface area contributed by atoms with Gasteiger partial charge < -0.3 is 11.3 Å². The number of rotatable bonds is 4. The Labute approximate surface area is 76.9 Å². The number of carbonyl (C=O) groups is 1. The molecule has 0 saturated carbocycles. The van der Waals surface area contributed by atoms with Crippen LogP contribution in [0.5, 0.6) is 0 Å². The van der Waals surface area contributed by atoms with E-state index in [4.69, 9.17) is 5.11 Å². The van der Waals surface area contributed by atoms with E-state index in [2.05, 4.69) is 4.18 Å². The average molecular weight is 211 g/mol. The first-order chi connectivity index (χ1) is 5.39. The Kier molecular flexibility index (Phi) is 6.38. The molecule has 0 aliphatic heterocycles. The van der Waals surface area contributed by atoms with Crippen molar-refractivity contribution in [2.24, 2.45) is 0 Å². The van der Waals surface area contributed by atoms with Crippen molar-refractivity contribution in [2.75, 3.05) is 6.61 Å². The van der Waals surface area contributed by atoms with Crippen molar-refractivity contribution in [3.05, 3.63) is 11.0 Å². The number of hydrogen-bond acceptors (Lipinski definition) is 5. The molecule has 0 radical (unpaired) electrons. The van der Waals surface area contributed by atoms with Gasteiger partial charge in [0.05, 0.1) is 12.0 Å². The maximum absolute atomic E-state index is 10.8. The van der Waals surface area contributed by atoms with Gasteiger partial charge in [-0.1, -0.05) is 0 Å². The molecule has 0 rings (SSSR count). The van der Waals surface area contributed by atoms with Crippen molar-refractivity contribution in [2.45, 2.75) is 13.8 Å². The summed E-state index contributed by atoms with van der Waals surface area (Å²) in [6.45, 7) is 2.67. The second-order valence-electron chi connectivity index (χ2n) is 2.01. The standard InChI is InChI=1S/C6H10O5S.H3N/c1-3-11-12(9,10)4-5(2)6(7)8;/h4H,3H2,1-2H3,(H,7,8);1H3. The topological polar surface area (TPSA) is 116 Å². The molecular weight excluding hydrogens is 198 g/mol. The number of hydrogen-bond donors (Lipinski definition) is 2. The van der Waals surface area contributed by atoms with E-state index >= 15 is 0 Å². The van der Waals surface area contributed by atoms with E-state index in [1.165, 1.54) is 13.8 Å². The summed E-state index contributed by atoms with van der Waals surface area (Å²) < 4.78 is 25.8. The summed E-state index contributed by atoms with van der Waals surface area (Å²) in [4.78, 5) is 10.2. The number of carboxylic acids is 1. The largest absolute Gasteiger partial charge is 0.478 e. The van der Waals surface area contributed by atoms with Gasteiger partial charge in [0.2, 0.25) is 0 Å². The molecule has 0 atom stereocenters. The SMILES string of the molecule is CCOS(=O)(=O)C=C(C)C(=O)O.N. The van der Waals surface area contributed by atoms with E-state index in [0.717, 1.165) is 0 Å². The van der Waals surface area contributed by atoms with E-state index in [1.54, 1.807) is 0 Å². The van der Waals surface area contributed by atoms with Crippen molar-refractivity contribution < 1.29 is 22.5 Å². The fraction of sp³-hybridized carbons (Fsp3) is 0.500. The molecule has 7 heteroatoms. The van der Waals surface area contributed by atoms with Crippen molar-refractivity contribution in [3.8, 4) is 0 Å². The highest BCUT2D eigenvalue weighted by atomic mass is 32.2. The van der Waals surface area contributed by atoms with Gasteiger partial charge in [-0.15, -0.1) is 0 Å². The van der Waals surface area contributed by atoms with Crippen molar-refractivity contribution in [3.63, 3.8) is 0 Å². The maximum atomic E-state index is 10.8. The molecule has 0 heterocycles. The van der Waals surface area contributed by atoms with Crippen LogP contribution in [0.1, 0.15) is 13.8 Å². The Bertz CT molecular complexity index is 292. The molecule has 0 amide bonds. The van der Waals surface area contributed by atoms with Gasteiger partial charge in [0, 0.05) is 5.57 Å². The molecule has 0 aromatic heterocycles. The lowest BCUT2D eigenvalue weighted by atomic mass is 10.4. The Morgan fingerprint density at radius 1 is 1.54 bits per heavy atom. The van der Waals surface area contributed by atoms with Gasteiger partial charge >= 0.3 is 5.97 Å². The zero-order valence-electron chi connectivity index (χ0n) is 7.48. The van der Waals surface area contributed by atoms with Crippen LogP contribution in [0, 0.1) is 0 Å². The minimum absolute atomic E-state index is 0. The van der Waals surface area contributed by atoms with E-state index in [9.17, 15) is 13.2 Å². The molecule has 4 N–H and O–H groups in total.